The molecular weight excluding hydrogens is 553 g/mol. The molecule has 0 N–H and O–H groups in total. The van der Waals surface area contributed by atoms with Gasteiger partial charge in [-0.25, -0.2) is 0 Å². The van der Waals surface area contributed by atoms with Gasteiger partial charge in [0, 0.05) is 13.0 Å². The van der Waals surface area contributed by atoms with E-state index in [1.807, 2.05) is 21.1 Å². The molecule has 2 unspecified atom stereocenters. The van der Waals surface area contributed by atoms with Crippen LogP contribution in [0.3, 0.4) is 0 Å². The molecule has 2 atom stereocenters. The molecule has 8 nitrogen and oxygen atoms in total. The maximum atomic E-state index is 12.5. The average Bonchev–Trinajstić information content (AvgIpc) is 2.92. The van der Waals surface area contributed by atoms with Crippen LogP contribution in [0.2, 0.25) is 0 Å². The van der Waals surface area contributed by atoms with E-state index in [2.05, 4.69) is 26.0 Å². The van der Waals surface area contributed by atoms with Crippen LogP contribution < -0.4 is 4.89 Å². The van der Waals surface area contributed by atoms with Crippen molar-refractivity contribution >= 4 is 13.8 Å². The second kappa shape index (κ2) is 27.8. The molecule has 0 bridgehead atoms. The first kappa shape index (κ1) is 41.2. The standard InChI is InChI=1S/C33H66NO7P/c1-6-8-10-12-14-16-17-18-20-22-24-26-33(35)41-32(31-40-42(36,37)39-29-27-34(3,4)5)30-38-28-25-23-21-19-15-13-11-9-7-2/h12,14,32H,6-11,13,15-31H2,1-5H3/b14-12-. The van der Waals surface area contributed by atoms with Crippen molar-refractivity contribution in [2.45, 2.75) is 142 Å². The predicted octanol–water partition coefficient (Wildman–Crippen LogP) is 8.13. The van der Waals surface area contributed by atoms with Crippen LogP contribution >= 0.6 is 7.82 Å². The molecule has 0 spiro atoms. The van der Waals surface area contributed by atoms with Gasteiger partial charge in [0.25, 0.3) is 7.82 Å². The summed E-state index contributed by atoms with van der Waals surface area (Å²) in [6.45, 7) is 5.33. The number of hydrogen-bond acceptors (Lipinski definition) is 7. The van der Waals surface area contributed by atoms with E-state index in [0.29, 0.717) is 24.1 Å². The summed E-state index contributed by atoms with van der Waals surface area (Å²) in [5, 5.41) is 0. The van der Waals surface area contributed by atoms with Crippen molar-refractivity contribution in [1.29, 1.82) is 0 Å². The monoisotopic (exact) mass is 619 g/mol. The number of hydrogen-bond donors (Lipinski definition) is 0. The van der Waals surface area contributed by atoms with E-state index in [1.54, 1.807) is 0 Å². The summed E-state index contributed by atoms with van der Waals surface area (Å²) in [6.07, 6.45) is 25.0. The van der Waals surface area contributed by atoms with Gasteiger partial charge >= 0.3 is 5.97 Å². The fourth-order valence-electron chi connectivity index (χ4n) is 4.35. The van der Waals surface area contributed by atoms with Crippen LogP contribution in [0.5, 0.6) is 0 Å². The minimum Gasteiger partial charge on any atom is -0.756 e. The number of nitrogens with zero attached hydrogens (tertiary/aromatic N) is 1. The number of rotatable bonds is 31. The highest BCUT2D eigenvalue weighted by Crippen LogP contribution is 2.38. The fourth-order valence-corrected chi connectivity index (χ4v) is 5.08. The van der Waals surface area contributed by atoms with E-state index in [4.69, 9.17) is 18.5 Å². The van der Waals surface area contributed by atoms with Crippen LogP contribution in [0.25, 0.3) is 0 Å². The zero-order valence-electron chi connectivity index (χ0n) is 28.0. The number of phosphoric ester groups is 1. The number of phosphoric acid groups is 1. The lowest BCUT2D eigenvalue weighted by molar-refractivity contribution is -0.870. The number of ether oxygens (including phenoxy) is 2. The molecule has 0 aliphatic rings. The molecule has 0 aliphatic heterocycles. The molecule has 9 heteroatoms. The first-order valence-electron chi connectivity index (χ1n) is 16.9. The summed E-state index contributed by atoms with van der Waals surface area (Å²) in [5.41, 5.74) is 0. The zero-order chi connectivity index (χ0) is 31.4. The maximum Gasteiger partial charge on any atom is 0.306 e. The Morgan fingerprint density at radius 1 is 0.714 bits per heavy atom. The first-order valence-corrected chi connectivity index (χ1v) is 18.4. The molecule has 0 aromatic rings. The Labute approximate surface area is 259 Å². The van der Waals surface area contributed by atoms with Gasteiger partial charge in [-0.2, -0.15) is 0 Å². The minimum atomic E-state index is -4.50. The molecule has 0 aromatic carbocycles. The largest absolute Gasteiger partial charge is 0.756 e. The molecule has 0 fully saturated rings. The van der Waals surface area contributed by atoms with E-state index >= 15 is 0 Å². The van der Waals surface area contributed by atoms with Gasteiger partial charge < -0.3 is 27.9 Å². The summed E-state index contributed by atoms with van der Waals surface area (Å²) in [4.78, 5) is 24.7. The van der Waals surface area contributed by atoms with Gasteiger partial charge in [-0.1, -0.05) is 109 Å². The van der Waals surface area contributed by atoms with Gasteiger partial charge in [0.05, 0.1) is 34.4 Å². The van der Waals surface area contributed by atoms with E-state index in [1.165, 1.54) is 70.6 Å². The molecule has 0 saturated carbocycles. The van der Waals surface area contributed by atoms with Gasteiger partial charge in [-0.05, 0) is 32.1 Å². The van der Waals surface area contributed by atoms with Crippen LogP contribution in [0, 0.1) is 0 Å². The average molecular weight is 620 g/mol. The highest BCUT2D eigenvalue weighted by atomic mass is 31.2. The highest BCUT2D eigenvalue weighted by molar-refractivity contribution is 7.45. The topological polar surface area (TPSA) is 94.1 Å². The van der Waals surface area contributed by atoms with Crippen molar-refractivity contribution < 1.29 is 37.3 Å². The number of quaternary nitrogens is 1. The van der Waals surface area contributed by atoms with Crippen molar-refractivity contribution in [2.24, 2.45) is 0 Å². The Bertz CT molecular complexity index is 696. The normalized spacial score (nSPS) is 14.3. The van der Waals surface area contributed by atoms with Crippen LogP contribution in [0.4, 0.5) is 0 Å². The smallest absolute Gasteiger partial charge is 0.306 e. The Hall–Kier alpha value is -0.760. The Morgan fingerprint density at radius 3 is 1.88 bits per heavy atom. The summed E-state index contributed by atoms with van der Waals surface area (Å²) >= 11 is 0. The number of carbonyl (C=O) groups is 1. The van der Waals surface area contributed by atoms with Crippen molar-refractivity contribution in [2.75, 3.05) is 54.1 Å². The lowest BCUT2D eigenvalue weighted by atomic mass is 10.1. The van der Waals surface area contributed by atoms with Crippen molar-refractivity contribution in [3.8, 4) is 0 Å². The number of unbranched alkanes of at least 4 members (excludes halogenated alkanes) is 15. The Balaban J connectivity index is 4.37. The second-order valence-corrected chi connectivity index (χ2v) is 13.9. The molecule has 0 rings (SSSR count). The third-order valence-electron chi connectivity index (χ3n) is 7.07. The van der Waals surface area contributed by atoms with Crippen molar-refractivity contribution in [3.63, 3.8) is 0 Å². The van der Waals surface area contributed by atoms with E-state index in [0.717, 1.165) is 44.9 Å². The summed E-state index contributed by atoms with van der Waals surface area (Å²) in [6, 6.07) is 0. The van der Waals surface area contributed by atoms with Crippen LogP contribution in [-0.2, 0) is 27.9 Å². The van der Waals surface area contributed by atoms with Crippen LogP contribution in [0.15, 0.2) is 12.2 Å². The van der Waals surface area contributed by atoms with Gasteiger partial charge in [0.1, 0.15) is 19.3 Å². The lowest BCUT2D eigenvalue weighted by Gasteiger charge is -2.28. The van der Waals surface area contributed by atoms with Gasteiger partial charge in [0.2, 0.25) is 0 Å². The van der Waals surface area contributed by atoms with Gasteiger partial charge in [-0.15, -0.1) is 0 Å². The SMILES string of the molecule is CCCC/C=C\CCCCCCCC(=O)OC(COCCCCCCCCCCC)COP(=O)([O-])OCC[N+](C)(C)C. The number of allylic oxidation sites excluding steroid dienone is 2. The third kappa shape index (κ3) is 30.7. The molecule has 250 valence electrons. The van der Waals surface area contributed by atoms with E-state index in [-0.39, 0.29) is 25.8 Å². The molecule has 0 saturated heterocycles. The quantitative estimate of drug-likeness (QED) is 0.0254. The van der Waals surface area contributed by atoms with Gasteiger partial charge in [0.15, 0.2) is 0 Å². The zero-order valence-corrected chi connectivity index (χ0v) is 28.8. The third-order valence-corrected chi connectivity index (χ3v) is 8.03. The van der Waals surface area contributed by atoms with Crippen molar-refractivity contribution in [1.82, 2.24) is 0 Å². The molecule has 0 heterocycles. The summed E-state index contributed by atoms with van der Waals surface area (Å²) in [7, 11) is 1.35. The van der Waals surface area contributed by atoms with E-state index in [9.17, 15) is 14.3 Å². The molecule has 0 radical (unpaired) electrons. The number of carbonyl (C=O) groups excluding carboxylic acids is 1. The molecule has 0 aromatic heterocycles. The van der Waals surface area contributed by atoms with Crippen molar-refractivity contribution in [3.05, 3.63) is 12.2 Å². The first-order chi connectivity index (χ1) is 20.1. The highest BCUT2D eigenvalue weighted by Gasteiger charge is 2.20. The summed E-state index contributed by atoms with van der Waals surface area (Å²) < 4.78 is 34.2. The molecular formula is C33H66NO7P. The summed E-state index contributed by atoms with van der Waals surface area (Å²) in [5.74, 6) is -0.346. The predicted molar refractivity (Wildman–Crippen MR) is 171 cm³/mol. The molecule has 42 heavy (non-hydrogen) atoms. The Kier molecular flexibility index (Phi) is 27.3. The molecule has 0 amide bonds. The molecule has 0 aliphatic carbocycles. The second-order valence-electron chi connectivity index (χ2n) is 12.5. The van der Waals surface area contributed by atoms with Crippen LogP contribution in [0.1, 0.15) is 136 Å². The number of likely N-dealkylation sites (N-methyl/N-ethyl adjacent to an activating group) is 1. The number of esters is 1. The Morgan fingerprint density at radius 2 is 1.26 bits per heavy atom. The van der Waals surface area contributed by atoms with Gasteiger partial charge in [-0.3, -0.25) is 9.36 Å². The van der Waals surface area contributed by atoms with E-state index < -0.39 is 13.9 Å². The fraction of sp³-hybridized carbons (Fsp3) is 0.909. The van der Waals surface area contributed by atoms with Crippen LogP contribution in [-0.4, -0.2) is 70.7 Å². The minimum absolute atomic E-state index is 0.0268. The maximum absolute atomic E-state index is 12.5. The lowest BCUT2D eigenvalue weighted by Crippen LogP contribution is -2.37.